The average molecular weight is 715 g/mol. The van der Waals surface area contributed by atoms with E-state index in [0.29, 0.717) is 17.4 Å². The monoisotopic (exact) mass is 714 g/mol. The number of hydrogen-bond acceptors (Lipinski definition) is 9. The van der Waals surface area contributed by atoms with Crippen molar-refractivity contribution in [2.45, 2.75) is 69.9 Å². The number of amides is 2. The molecule has 0 unspecified atom stereocenters. The van der Waals surface area contributed by atoms with E-state index < -0.39 is 73.4 Å². The zero-order valence-electron chi connectivity index (χ0n) is 28.5. The van der Waals surface area contributed by atoms with Crippen molar-refractivity contribution in [3.8, 4) is 28.3 Å². The van der Waals surface area contributed by atoms with Crippen LogP contribution >= 0.6 is 0 Å². The first kappa shape index (κ1) is 36.4. The predicted octanol–water partition coefficient (Wildman–Crippen LogP) is 6.75. The van der Waals surface area contributed by atoms with Crippen LogP contribution in [0.2, 0.25) is 0 Å². The van der Waals surface area contributed by atoms with Crippen LogP contribution in [0.1, 0.15) is 58.1 Å². The van der Waals surface area contributed by atoms with E-state index in [0.717, 1.165) is 28.3 Å². The Kier molecular flexibility index (Phi) is 9.51. The van der Waals surface area contributed by atoms with E-state index >= 15 is 13.2 Å². The highest BCUT2D eigenvalue weighted by Crippen LogP contribution is 2.45. The van der Waals surface area contributed by atoms with Gasteiger partial charge >= 0.3 is 6.09 Å². The van der Waals surface area contributed by atoms with Crippen LogP contribution in [0.4, 0.5) is 23.7 Å². The van der Waals surface area contributed by atoms with E-state index in [1.165, 1.54) is 13.8 Å². The van der Waals surface area contributed by atoms with E-state index in [1.54, 1.807) is 64.3 Å². The number of carbonyl (C=O) groups excluding carboxylic acids is 2. The number of nitrogens with zero attached hydrogens (tertiary/aromatic N) is 3. The first-order valence-electron chi connectivity index (χ1n) is 15.5. The maximum atomic E-state index is 16.0. The summed E-state index contributed by atoms with van der Waals surface area (Å²) in [5.41, 5.74) is -0.354. The van der Waals surface area contributed by atoms with Crippen molar-refractivity contribution in [2.75, 3.05) is 18.3 Å². The Morgan fingerprint density at radius 2 is 1.62 bits per heavy atom. The van der Waals surface area contributed by atoms with E-state index in [-0.39, 0.29) is 18.1 Å². The lowest BCUT2D eigenvalue weighted by atomic mass is 9.99. The lowest BCUT2D eigenvalue weighted by Gasteiger charge is -2.27. The summed E-state index contributed by atoms with van der Waals surface area (Å²) < 4.78 is 86.8. The van der Waals surface area contributed by atoms with Gasteiger partial charge in [0.25, 0.3) is 11.8 Å². The molecule has 0 radical (unpaired) electrons. The molecule has 266 valence electrons. The molecule has 2 heterocycles. The molecule has 15 heteroatoms. The summed E-state index contributed by atoms with van der Waals surface area (Å²) in [6.45, 7) is 7.14. The lowest BCUT2D eigenvalue weighted by molar-refractivity contribution is -0.123. The van der Waals surface area contributed by atoms with Crippen molar-refractivity contribution in [2.24, 2.45) is 0 Å². The Hall–Kier alpha value is -4.92. The van der Waals surface area contributed by atoms with Crippen molar-refractivity contribution in [1.82, 2.24) is 15.5 Å². The number of carbonyl (C=O) groups is 2. The second-order valence-corrected chi connectivity index (χ2v) is 16.1. The number of alkyl carbamates (subject to hydrolysis) is 1. The molecule has 1 N–H and O–H groups in total. The minimum atomic E-state index is -3.81. The zero-order chi connectivity index (χ0) is 36.8. The molecule has 1 atom stereocenters. The van der Waals surface area contributed by atoms with Gasteiger partial charge in [0.05, 0.1) is 24.9 Å². The van der Waals surface area contributed by atoms with Crippen molar-refractivity contribution in [3.63, 3.8) is 0 Å². The molecule has 0 saturated heterocycles. The highest BCUT2D eigenvalue weighted by molar-refractivity contribution is 7.91. The van der Waals surface area contributed by atoms with Gasteiger partial charge in [0.15, 0.2) is 9.84 Å². The molecule has 0 saturated carbocycles. The second kappa shape index (κ2) is 13.1. The van der Waals surface area contributed by atoms with Crippen LogP contribution in [0, 0.1) is 5.82 Å². The Bertz CT molecular complexity index is 2020. The van der Waals surface area contributed by atoms with Crippen LogP contribution in [0.25, 0.3) is 22.6 Å². The number of rotatable bonds is 8. The maximum absolute atomic E-state index is 16.0. The topological polar surface area (TPSA) is 141 Å². The molecule has 3 aromatic carbocycles. The minimum absolute atomic E-state index is 0.251. The van der Waals surface area contributed by atoms with Crippen LogP contribution in [0.3, 0.4) is 0 Å². The molecule has 1 aliphatic heterocycles. The number of nitrogens with one attached hydrogen (secondary N) is 1. The number of aromatic nitrogens is 2. The molecule has 0 aliphatic carbocycles. The van der Waals surface area contributed by atoms with Crippen LogP contribution in [-0.2, 0) is 36.6 Å². The van der Waals surface area contributed by atoms with Crippen molar-refractivity contribution >= 4 is 27.5 Å². The fourth-order valence-electron chi connectivity index (χ4n) is 5.23. The zero-order valence-corrected chi connectivity index (χ0v) is 29.3. The molecule has 0 bridgehead atoms. The number of benzene rings is 3. The van der Waals surface area contributed by atoms with E-state index in [4.69, 9.17) is 13.9 Å². The first-order chi connectivity index (χ1) is 23.2. The molecule has 1 aliphatic rings. The number of methoxy groups -OCH3 is 1. The predicted molar refractivity (Wildman–Crippen MR) is 179 cm³/mol. The van der Waals surface area contributed by atoms with Crippen molar-refractivity contribution in [3.05, 3.63) is 83.5 Å². The van der Waals surface area contributed by atoms with E-state index in [2.05, 4.69) is 15.5 Å². The Morgan fingerprint density at radius 1 is 1.02 bits per heavy atom. The number of sulfone groups is 1. The van der Waals surface area contributed by atoms with Gasteiger partial charge in [0.1, 0.15) is 28.0 Å². The fraction of sp³-hybridized carbons (Fsp3) is 0.371. The number of fused-ring (bicyclic) bond motifs is 1. The van der Waals surface area contributed by atoms with E-state index in [1.807, 2.05) is 12.1 Å². The summed E-state index contributed by atoms with van der Waals surface area (Å²) in [6.07, 6.45) is -1.30. The van der Waals surface area contributed by atoms with Gasteiger partial charge in [-0.25, -0.2) is 26.4 Å². The van der Waals surface area contributed by atoms with Crippen LogP contribution in [-0.4, -0.2) is 55.6 Å². The van der Waals surface area contributed by atoms with Gasteiger partial charge in [-0.2, -0.15) is 0 Å². The number of halogens is 3. The third-order valence-corrected chi connectivity index (χ3v) is 10.3. The minimum Gasteiger partial charge on any atom is -0.497 e. The van der Waals surface area contributed by atoms with E-state index in [9.17, 15) is 18.0 Å². The lowest BCUT2D eigenvalue weighted by Crippen LogP contribution is -2.49. The summed E-state index contributed by atoms with van der Waals surface area (Å²) in [6, 6.07) is 14.2. The third kappa shape index (κ3) is 7.47. The summed E-state index contributed by atoms with van der Waals surface area (Å²) in [5, 5.41) is 9.87. The summed E-state index contributed by atoms with van der Waals surface area (Å²) in [5.74, 6) is -6.04. The molecular weight excluding hydrogens is 677 g/mol. The van der Waals surface area contributed by atoms with Crippen LogP contribution in [0.5, 0.6) is 5.75 Å². The molecule has 2 amide bonds. The van der Waals surface area contributed by atoms with Gasteiger partial charge in [-0.1, -0.05) is 36.4 Å². The van der Waals surface area contributed by atoms with Gasteiger partial charge in [-0.05, 0) is 75.6 Å². The third-order valence-electron chi connectivity index (χ3n) is 8.30. The second-order valence-electron chi connectivity index (χ2n) is 13.5. The normalized spacial score (nSPS) is 16.4. The highest BCUT2D eigenvalue weighted by atomic mass is 32.2. The SMILES string of the molecule is COc1ccc(-c2ccc(CN3C(=O)[C@H](NC(=O)OC(C)(C)C)CC(F)(F)c4cc(F)c(-c5nnc(C(C)(C)S(C)(=O)=O)o5)cc43)cc2)cc1. The maximum Gasteiger partial charge on any atom is 0.408 e. The molecule has 1 aromatic heterocycles. The summed E-state index contributed by atoms with van der Waals surface area (Å²) in [7, 11) is -2.20. The first-order valence-corrected chi connectivity index (χ1v) is 17.4. The van der Waals surface area contributed by atoms with Crippen LogP contribution in [0.15, 0.2) is 65.1 Å². The Balaban J connectivity index is 1.59. The van der Waals surface area contributed by atoms with Crippen molar-refractivity contribution < 1.29 is 45.1 Å². The van der Waals surface area contributed by atoms with Gasteiger partial charge in [-0.3, -0.25) is 4.79 Å². The standard InChI is InChI=1S/C35H37F3N4O7S/c1-33(2,3)49-32(44)39-27-18-35(37,38)25-17-26(36)24(29-40-41-31(48-29)34(4,5)50(7,45)46)16-28(25)42(30(27)43)19-20-8-10-21(11-9-20)22-12-14-23(47-6)15-13-22/h8-17,27H,18-19H2,1-7H3,(H,39,44)/t27-/m1/s1. The Labute approximate surface area is 287 Å². The highest BCUT2D eigenvalue weighted by Gasteiger charge is 2.47. The van der Waals surface area contributed by atoms with Crippen molar-refractivity contribution in [1.29, 1.82) is 0 Å². The fourth-order valence-corrected chi connectivity index (χ4v) is 5.63. The Morgan fingerprint density at radius 3 is 2.18 bits per heavy atom. The molecule has 11 nitrogen and oxygen atoms in total. The molecule has 50 heavy (non-hydrogen) atoms. The smallest absolute Gasteiger partial charge is 0.408 e. The number of anilines is 1. The summed E-state index contributed by atoms with van der Waals surface area (Å²) in [4.78, 5) is 27.9. The van der Waals surface area contributed by atoms with Gasteiger partial charge < -0.3 is 24.1 Å². The molecule has 0 spiro atoms. The van der Waals surface area contributed by atoms with Gasteiger partial charge in [0.2, 0.25) is 11.8 Å². The number of ether oxygens (including phenoxy) is 2. The number of hydrogen-bond donors (Lipinski definition) is 1. The number of alkyl halides is 2. The van der Waals surface area contributed by atoms with Gasteiger partial charge in [0, 0.05) is 18.2 Å². The van der Waals surface area contributed by atoms with Gasteiger partial charge in [-0.15, -0.1) is 10.2 Å². The quantitative estimate of drug-likeness (QED) is 0.210. The molecule has 4 aromatic rings. The molecule has 5 rings (SSSR count). The van der Waals surface area contributed by atoms with Crippen LogP contribution < -0.4 is 15.0 Å². The summed E-state index contributed by atoms with van der Waals surface area (Å²) >= 11 is 0. The molecule has 0 fully saturated rings. The average Bonchev–Trinajstić information content (AvgIpc) is 3.51. The largest absolute Gasteiger partial charge is 0.497 e. The molecular formula is C35H37F3N4O7S.